The maximum Gasteiger partial charge on any atom is 0.125 e. The van der Waals surface area contributed by atoms with Gasteiger partial charge in [0.1, 0.15) is 24.7 Å². The Balaban J connectivity index is 1.84. The van der Waals surface area contributed by atoms with Crippen molar-refractivity contribution in [3.63, 3.8) is 0 Å². The lowest BCUT2D eigenvalue weighted by molar-refractivity contribution is 0.216. The smallest absolute Gasteiger partial charge is 0.125 e. The molecule has 0 unspecified atom stereocenters. The maximum absolute atomic E-state index is 6.11. The van der Waals surface area contributed by atoms with Crippen molar-refractivity contribution in [3.05, 3.63) is 57.5 Å². The lowest BCUT2D eigenvalue weighted by atomic mass is 10.2. The Morgan fingerprint density at radius 3 is 2.35 bits per heavy atom. The lowest BCUT2D eigenvalue weighted by Crippen LogP contribution is -2.09. The second-order valence-corrected chi connectivity index (χ2v) is 5.88. The standard InChI is InChI=1S/C15H13Br2ClO2/c16-10-13-14(18)2-1-3-15(13)20-9-8-19-12-6-4-11(17)5-7-12/h1-7H,8-10H2. The number of hydrogen-bond donors (Lipinski definition) is 0. The molecule has 106 valence electrons. The Hall–Kier alpha value is -0.710. The molecule has 0 bridgehead atoms. The summed E-state index contributed by atoms with van der Waals surface area (Å²) in [5, 5.41) is 1.36. The molecule has 0 aliphatic heterocycles. The summed E-state index contributed by atoms with van der Waals surface area (Å²) in [4.78, 5) is 0. The van der Waals surface area contributed by atoms with E-state index in [4.69, 9.17) is 21.1 Å². The van der Waals surface area contributed by atoms with Crippen molar-refractivity contribution in [2.45, 2.75) is 5.33 Å². The first-order valence-corrected chi connectivity index (χ1v) is 8.34. The van der Waals surface area contributed by atoms with Gasteiger partial charge >= 0.3 is 0 Å². The number of ether oxygens (including phenoxy) is 2. The van der Waals surface area contributed by atoms with E-state index in [9.17, 15) is 0 Å². The highest BCUT2D eigenvalue weighted by Crippen LogP contribution is 2.28. The predicted molar refractivity (Wildman–Crippen MR) is 89.2 cm³/mol. The molecule has 0 heterocycles. The highest BCUT2D eigenvalue weighted by molar-refractivity contribution is 9.10. The van der Waals surface area contributed by atoms with Crippen molar-refractivity contribution in [2.75, 3.05) is 13.2 Å². The fourth-order valence-electron chi connectivity index (χ4n) is 1.65. The molecule has 2 rings (SSSR count). The Morgan fingerprint density at radius 1 is 0.950 bits per heavy atom. The average molecular weight is 421 g/mol. The first-order valence-electron chi connectivity index (χ1n) is 6.05. The van der Waals surface area contributed by atoms with Crippen LogP contribution in [0, 0.1) is 0 Å². The normalized spacial score (nSPS) is 10.3. The van der Waals surface area contributed by atoms with Crippen LogP contribution < -0.4 is 9.47 Å². The zero-order chi connectivity index (χ0) is 14.4. The van der Waals surface area contributed by atoms with E-state index in [1.807, 2.05) is 42.5 Å². The Kier molecular flexibility index (Phi) is 6.20. The predicted octanol–water partition coefficient (Wildman–Crippen LogP) is 5.46. The number of halogens is 3. The van der Waals surface area contributed by atoms with Crippen LogP contribution >= 0.6 is 43.5 Å². The van der Waals surface area contributed by atoms with Crippen molar-refractivity contribution in [1.82, 2.24) is 0 Å². The first-order chi connectivity index (χ1) is 9.70. The Morgan fingerprint density at radius 2 is 1.65 bits per heavy atom. The summed E-state index contributed by atoms with van der Waals surface area (Å²) < 4.78 is 12.3. The molecule has 0 saturated heterocycles. The molecule has 2 aromatic rings. The molecular weight excluding hydrogens is 407 g/mol. The summed E-state index contributed by atoms with van der Waals surface area (Å²) >= 11 is 12.9. The summed E-state index contributed by atoms with van der Waals surface area (Å²) in [7, 11) is 0. The van der Waals surface area contributed by atoms with Crippen LogP contribution in [-0.2, 0) is 5.33 Å². The van der Waals surface area contributed by atoms with Gasteiger partial charge in [-0.2, -0.15) is 0 Å². The van der Waals surface area contributed by atoms with Gasteiger partial charge in [0.2, 0.25) is 0 Å². The second kappa shape index (κ2) is 7.91. The van der Waals surface area contributed by atoms with Crippen LogP contribution in [-0.4, -0.2) is 13.2 Å². The van der Waals surface area contributed by atoms with Crippen LogP contribution in [0.5, 0.6) is 11.5 Å². The molecule has 0 aromatic heterocycles. The van der Waals surface area contributed by atoms with Gasteiger partial charge in [0.15, 0.2) is 0 Å². The SMILES string of the molecule is Clc1cccc(OCCOc2ccc(Br)cc2)c1CBr. The molecule has 0 atom stereocenters. The minimum absolute atomic E-state index is 0.469. The summed E-state index contributed by atoms with van der Waals surface area (Å²) in [5.41, 5.74) is 0.956. The molecule has 0 saturated carbocycles. The van der Waals surface area contributed by atoms with Crippen molar-refractivity contribution in [1.29, 1.82) is 0 Å². The van der Waals surface area contributed by atoms with E-state index in [1.165, 1.54) is 0 Å². The fourth-order valence-corrected chi connectivity index (χ4v) is 2.88. The number of hydrogen-bond acceptors (Lipinski definition) is 2. The zero-order valence-electron chi connectivity index (χ0n) is 10.6. The summed E-state index contributed by atoms with van der Waals surface area (Å²) in [6.07, 6.45) is 0. The van der Waals surface area contributed by atoms with Gasteiger partial charge in [0.25, 0.3) is 0 Å². The van der Waals surface area contributed by atoms with Gasteiger partial charge in [0, 0.05) is 20.4 Å². The van der Waals surface area contributed by atoms with Gasteiger partial charge in [-0.3, -0.25) is 0 Å². The lowest BCUT2D eigenvalue weighted by Gasteiger charge is -2.12. The fraction of sp³-hybridized carbons (Fsp3) is 0.200. The van der Waals surface area contributed by atoms with E-state index in [0.29, 0.717) is 23.6 Å². The number of alkyl halides is 1. The number of rotatable bonds is 6. The molecule has 0 spiro atoms. The van der Waals surface area contributed by atoms with Gasteiger partial charge in [-0.15, -0.1) is 0 Å². The Labute approximate surface area is 140 Å². The first kappa shape index (κ1) is 15.7. The van der Waals surface area contributed by atoms with Gasteiger partial charge in [-0.1, -0.05) is 49.5 Å². The van der Waals surface area contributed by atoms with Crippen molar-refractivity contribution < 1.29 is 9.47 Å². The molecule has 5 heteroatoms. The topological polar surface area (TPSA) is 18.5 Å². The summed E-state index contributed by atoms with van der Waals surface area (Å²) in [5.74, 6) is 1.61. The molecule has 0 fully saturated rings. The molecule has 2 nitrogen and oxygen atoms in total. The molecule has 20 heavy (non-hydrogen) atoms. The zero-order valence-corrected chi connectivity index (χ0v) is 14.5. The molecule has 0 aliphatic carbocycles. The minimum atomic E-state index is 0.469. The maximum atomic E-state index is 6.11. The monoisotopic (exact) mass is 418 g/mol. The number of benzene rings is 2. The van der Waals surface area contributed by atoms with Crippen molar-refractivity contribution in [2.24, 2.45) is 0 Å². The van der Waals surface area contributed by atoms with E-state index in [0.717, 1.165) is 21.5 Å². The van der Waals surface area contributed by atoms with Crippen LogP contribution in [0.25, 0.3) is 0 Å². The second-order valence-electron chi connectivity index (χ2n) is 4.00. The molecule has 2 aromatic carbocycles. The van der Waals surface area contributed by atoms with Gasteiger partial charge in [-0.25, -0.2) is 0 Å². The Bertz CT molecular complexity index is 558. The van der Waals surface area contributed by atoms with Gasteiger partial charge in [-0.05, 0) is 36.4 Å². The average Bonchev–Trinajstić information content (AvgIpc) is 2.45. The van der Waals surface area contributed by atoms with E-state index in [-0.39, 0.29) is 0 Å². The van der Waals surface area contributed by atoms with Gasteiger partial charge < -0.3 is 9.47 Å². The quantitative estimate of drug-likeness (QED) is 0.457. The van der Waals surface area contributed by atoms with Crippen molar-refractivity contribution in [3.8, 4) is 11.5 Å². The molecule has 0 amide bonds. The highest BCUT2D eigenvalue weighted by Gasteiger charge is 2.06. The van der Waals surface area contributed by atoms with Crippen LogP contribution in [0.1, 0.15) is 5.56 Å². The van der Waals surface area contributed by atoms with Crippen LogP contribution in [0.2, 0.25) is 5.02 Å². The van der Waals surface area contributed by atoms with Crippen LogP contribution in [0.4, 0.5) is 0 Å². The van der Waals surface area contributed by atoms with Gasteiger partial charge in [0.05, 0.1) is 0 Å². The third-order valence-electron chi connectivity index (χ3n) is 2.63. The minimum Gasteiger partial charge on any atom is -0.490 e. The molecule has 0 aliphatic rings. The van der Waals surface area contributed by atoms with E-state index >= 15 is 0 Å². The molecule has 0 N–H and O–H groups in total. The molecule has 0 radical (unpaired) electrons. The third kappa shape index (κ3) is 4.40. The summed E-state index contributed by atoms with van der Waals surface area (Å²) in [6, 6.07) is 13.3. The highest BCUT2D eigenvalue weighted by atomic mass is 79.9. The van der Waals surface area contributed by atoms with Crippen molar-refractivity contribution >= 4 is 43.5 Å². The summed E-state index contributed by atoms with van der Waals surface area (Å²) in [6.45, 7) is 0.951. The van der Waals surface area contributed by atoms with Crippen LogP contribution in [0.15, 0.2) is 46.9 Å². The van der Waals surface area contributed by atoms with E-state index < -0.39 is 0 Å². The van der Waals surface area contributed by atoms with E-state index in [1.54, 1.807) is 0 Å². The van der Waals surface area contributed by atoms with E-state index in [2.05, 4.69) is 31.9 Å². The van der Waals surface area contributed by atoms with Crippen LogP contribution in [0.3, 0.4) is 0 Å². The third-order valence-corrected chi connectivity index (χ3v) is 4.08. The molecular formula is C15H13Br2ClO2. The largest absolute Gasteiger partial charge is 0.490 e.